The molecule has 0 radical (unpaired) electrons. The van der Waals surface area contributed by atoms with E-state index in [2.05, 4.69) is 15.0 Å². The molecule has 0 heterocycles. The monoisotopic (exact) mass is 418 g/mol. The number of nitrogens with zero attached hydrogens (tertiary/aromatic N) is 2. The number of hydrogen-bond donors (Lipinski definition) is 2. The minimum absolute atomic E-state index is 0.0664. The summed E-state index contributed by atoms with van der Waals surface area (Å²) in [4.78, 5) is 6.36. The Kier molecular flexibility index (Phi) is 9.46. The summed E-state index contributed by atoms with van der Waals surface area (Å²) in [6, 6.07) is 19.1. The number of ether oxygens (including phenoxy) is 1. The van der Waals surface area contributed by atoms with Gasteiger partial charge in [-0.2, -0.15) is 0 Å². The Morgan fingerprint density at radius 2 is 1.72 bits per heavy atom. The van der Waals surface area contributed by atoms with Crippen molar-refractivity contribution in [2.24, 2.45) is 4.99 Å². The second-order valence-electron chi connectivity index (χ2n) is 6.44. The highest BCUT2D eigenvalue weighted by Crippen LogP contribution is 2.07. The van der Waals surface area contributed by atoms with Gasteiger partial charge in [0.2, 0.25) is 10.0 Å². The Labute approximate surface area is 173 Å². The van der Waals surface area contributed by atoms with Gasteiger partial charge >= 0.3 is 0 Å². The molecule has 0 aliphatic heterocycles. The molecule has 2 aromatic carbocycles. The van der Waals surface area contributed by atoms with Crippen LogP contribution in [-0.2, 0) is 16.6 Å². The highest BCUT2D eigenvalue weighted by Gasteiger charge is 2.11. The summed E-state index contributed by atoms with van der Waals surface area (Å²) in [7, 11) is -1.50. The molecule has 0 aliphatic carbocycles. The van der Waals surface area contributed by atoms with Gasteiger partial charge in [-0.05, 0) is 24.6 Å². The van der Waals surface area contributed by atoms with Crippen LogP contribution in [0.5, 0.6) is 5.75 Å². The van der Waals surface area contributed by atoms with Gasteiger partial charge in [0.1, 0.15) is 12.4 Å². The van der Waals surface area contributed by atoms with E-state index in [0.29, 0.717) is 25.7 Å². The number of likely N-dealkylation sites (N-methyl/N-ethyl adjacent to an activating group) is 1. The summed E-state index contributed by atoms with van der Waals surface area (Å²) in [6.45, 7) is 4.26. The third-order valence-corrected chi connectivity index (χ3v) is 5.40. The van der Waals surface area contributed by atoms with Crippen LogP contribution in [0.4, 0.5) is 0 Å². The number of guanidine groups is 1. The van der Waals surface area contributed by atoms with Gasteiger partial charge in [-0.25, -0.2) is 13.1 Å². The van der Waals surface area contributed by atoms with Gasteiger partial charge in [-0.15, -0.1) is 0 Å². The number of nitrogens with one attached hydrogen (secondary N) is 2. The quantitative estimate of drug-likeness (QED) is 0.431. The molecule has 7 nitrogen and oxygen atoms in total. The first-order valence-electron chi connectivity index (χ1n) is 9.68. The molecule has 0 aromatic heterocycles. The zero-order valence-corrected chi connectivity index (χ0v) is 17.9. The van der Waals surface area contributed by atoms with Gasteiger partial charge in [-0.1, -0.05) is 48.5 Å². The van der Waals surface area contributed by atoms with Crippen LogP contribution in [0.15, 0.2) is 65.7 Å². The van der Waals surface area contributed by atoms with E-state index in [0.717, 1.165) is 11.3 Å². The van der Waals surface area contributed by atoms with Crippen molar-refractivity contribution in [3.63, 3.8) is 0 Å². The second kappa shape index (κ2) is 12.1. The van der Waals surface area contributed by atoms with Gasteiger partial charge in [0.25, 0.3) is 0 Å². The maximum Gasteiger partial charge on any atom is 0.213 e. The van der Waals surface area contributed by atoms with Gasteiger partial charge in [0, 0.05) is 20.1 Å². The third kappa shape index (κ3) is 8.97. The topological polar surface area (TPSA) is 83.0 Å². The number of benzene rings is 2. The Morgan fingerprint density at radius 3 is 2.38 bits per heavy atom. The van der Waals surface area contributed by atoms with Crippen molar-refractivity contribution in [3.8, 4) is 5.75 Å². The van der Waals surface area contributed by atoms with E-state index in [1.807, 2.05) is 79.5 Å². The van der Waals surface area contributed by atoms with Crippen LogP contribution >= 0.6 is 0 Å². The molecule has 2 N–H and O–H groups in total. The van der Waals surface area contributed by atoms with Crippen LogP contribution in [0, 0.1) is 0 Å². The fourth-order valence-corrected chi connectivity index (χ4v) is 3.39. The van der Waals surface area contributed by atoms with E-state index >= 15 is 0 Å². The predicted octanol–water partition coefficient (Wildman–Crippen LogP) is 2.08. The number of sulfonamides is 1. The van der Waals surface area contributed by atoms with Crippen molar-refractivity contribution in [3.05, 3.63) is 66.2 Å². The molecule has 2 aromatic rings. The average Bonchev–Trinajstić information content (AvgIpc) is 2.73. The fourth-order valence-electron chi connectivity index (χ4n) is 2.53. The zero-order valence-electron chi connectivity index (χ0n) is 17.0. The molecule has 0 aliphatic rings. The molecular formula is C21H30N4O3S. The first kappa shape index (κ1) is 22.7. The third-order valence-electron chi connectivity index (χ3n) is 4.10. The molecule has 0 bridgehead atoms. The minimum Gasteiger partial charge on any atom is -0.492 e. The maximum absolute atomic E-state index is 12.2. The largest absolute Gasteiger partial charge is 0.492 e. The van der Waals surface area contributed by atoms with E-state index in [4.69, 9.17) is 4.74 Å². The van der Waals surface area contributed by atoms with Crippen LogP contribution in [-0.4, -0.2) is 58.3 Å². The Hall–Kier alpha value is -2.58. The van der Waals surface area contributed by atoms with E-state index in [1.165, 1.54) is 0 Å². The lowest BCUT2D eigenvalue weighted by Crippen LogP contribution is -2.41. The smallest absolute Gasteiger partial charge is 0.213 e. The summed E-state index contributed by atoms with van der Waals surface area (Å²) in [5.41, 5.74) is 0.922. The summed E-state index contributed by atoms with van der Waals surface area (Å²) in [6.07, 6.45) is 0. The normalized spacial score (nSPS) is 11.9. The Bertz CT molecular complexity index is 843. The first-order chi connectivity index (χ1) is 14.0. The van der Waals surface area contributed by atoms with Gasteiger partial charge in [-0.3, -0.25) is 4.99 Å². The Balaban J connectivity index is 1.80. The standard InChI is InChI=1S/C21H30N4O3S/c1-3-22-21(25(2)15-16-28-20-12-8-5-9-13-20)23-14-17-29(26,27)24-18-19-10-6-4-7-11-19/h4-13,24H,3,14-18H2,1-2H3,(H,22,23). The van der Waals surface area contributed by atoms with Crippen molar-refractivity contribution in [2.45, 2.75) is 13.5 Å². The minimum atomic E-state index is -3.40. The highest BCUT2D eigenvalue weighted by atomic mass is 32.2. The van der Waals surface area contributed by atoms with Crippen LogP contribution in [0.1, 0.15) is 12.5 Å². The number of aliphatic imine (C=N–C) groups is 1. The molecule has 0 fully saturated rings. The van der Waals surface area contributed by atoms with Gasteiger partial charge in [0.05, 0.1) is 18.8 Å². The molecule has 29 heavy (non-hydrogen) atoms. The highest BCUT2D eigenvalue weighted by molar-refractivity contribution is 7.89. The average molecular weight is 419 g/mol. The number of rotatable bonds is 11. The molecule has 0 saturated carbocycles. The van der Waals surface area contributed by atoms with Crippen molar-refractivity contribution < 1.29 is 13.2 Å². The van der Waals surface area contributed by atoms with E-state index in [9.17, 15) is 8.42 Å². The molecule has 0 atom stereocenters. The predicted molar refractivity (Wildman–Crippen MR) is 118 cm³/mol. The van der Waals surface area contributed by atoms with Crippen molar-refractivity contribution in [2.75, 3.05) is 39.0 Å². The summed E-state index contributed by atoms with van der Waals surface area (Å²) < 4.78 is 32.7. The molecule has 0 spiro atoms. The summed E-state index contributed by atoms with van der Waals surface area (Å²) in [5, 5.41) is 3.18. The van der Waals surface area contributed by atoms with Crippen LogP contribution in [0.3, 0.4) is 0 Å². The number of hydrogen-bond acceptors (Lipinski definition) is 4. The zero-order chi connectivity index (χ0) is 21.0. The lowest BCUT2D eigenvalue weighted by Gasteiger charge is -2.22. The van der Waals surface area contributed by atoms with Crippen molar-refractivity contribution in [1.82, 2.24) is 14.9 Å². The summed E-state index contributed by atoms with van der Waals surface area (Å²) >= 11 is 0. The molecule has 0 amide bonds. The van der Waals surface area contributed by atoms with Crippen LogP contribution in [0.2, 0.25) is 0 Å². The molecular weight excluding hydrogens is 388 g/mol. The molecule has 8 heteroatoms. The van der Waals surface area contributed by atoms with Crippen molar-refractivity contribution >= 4 is 16.0 Å². The Morgan fingerprint density at radius 1 is 1.07 bits per heavy atom. The van der Waals surface area contributed by atoms with Crippen LogP contribution in [0.25, 0.3) is 0 Å². The van der Waals surface area contributed by atoms with E-state index in [-0.39, 0.29) is 18.8 Å². The molecule has 2 rings (SSSR count). The van der Waals surface area contributed by atoms with Gasteiger partial charge < -0.3 is 15.0 Å². The second-order valence-corrected chi connectivity index (χ2v) is 8.37. The van der Waals surface area contributed by atoms with E-state index in [1.54, 1.807) is 0 Å². The summed E-state index contributed by atoms with van der Waals surface area (Å²) in [5.74, 6) is 1.41. The van der Waals surface area contributed by atoms with Gasteiger partial charge in [0.15, 0.2) is 5.96 Å². The number of para-hydroxylation sites is 1. The lowest BCUT2D eigenvalue weighted by molar-refractivity contribution is 0.281. The maximum atomic E-state index is 12.2. The molecule has 0 unspecified atom stereocenters. The van der Waals surface area contributed by atoms with Crippen LogP contribution < -0.4 is 14.8 Å². The lowest BCUT2D eigenvalue weighted by atomic mass is 10.2. The van der Waals surface area contributed by atoms with Crippen molar-refractivity contribution in [1.29, 1.82) is 0 Å². The molecule has 158 valence electrons. The fraction of sp³-hybridized carbons (Fsp3) is 0.381. The SMILES string of the molecule is CCNC(=NCCS(=O)(=O)NCc1ccccc1)N(C)CCOc1ccccc1. The van der Waals surface area contributed by atoms with E-state index < -0.39 is 10.0 Å². The first-order valence-corrected chi connectivity index (χ1v) is 11.3. The molecule has 0 saturated heterocycles.